The Balaban J connectivity index is 0.00000397. The van der Waals surface area contributed by atoms with E-state index in [9.17, 15) is 13.2 Å². The number of carbonyl (C=O) groups excluding carboxylic acids is 1. The van der Waals surface area contributed by atoms with Crippen LogP contribution >= 0.6 is 0 Å². The molecule has 1 rings (SSSR count). The van der Waals surface area contributed by atoms with Crippen molar-refractivity contribution in [1.29, 1.82) is 0 Å². The van der Waals surface area contributed by atoms with E-state index in [1.807, 2.05) is 0 Å². The first-order valence-electron chi connectivity index (χ1n) is 22.2. The van der Waals surface area contributed by atoms with Crippen LogP contribution in [0.1, 0.15) is 233 Å². The van der Waals surface area contributed by atoms with Gasteiger partial charge in [-0.15, -0.1) is 0 Å². The summed E-state index contributed by atoms with van der Waals surface area (Å²) in [4.78, 5) is 20.0. The number of nitrogens with one attached hydrogen (secondary N) is 1. The summed E-state index contributed by atoms with van der Waals surface area (Å²) in [6.07, 6.45) is 43.4. The van der Waals surface area contributed by atoms with E-state index in [1.165, 1.54) is 193 Å². The second kappa shape index (κ2) is 35.7. The van der Waals surface area contributed by atoms with E-state index in [0.29, 0.717) is 6.42 Å². The zero-order valence-corrected chi connectivity index (χ0v) is 35.9. The van der Waals surface area contributed by atoms with Crippen LogP contribution in [0.4, 0.5) is 0 Å². The van der Waals surface area contributed by atoms with Gasteiger partial charge in [0.1, 0.15) is 0 Å². The highest BCUT2D eigenvalue weighted by atomic mass is 32.3. The smallest absolute Gasteiger partial charge is 0.334 e. The first kappa shape index (κ1) is 51.0. The van der Waals surface area contributed by atoms with Crippen molar-refractivity contribution in [2.75, 3.05) is 26.7 Å². The number of carbonyl (C=O) groups is 1. The Morgan fingerprint density at radius 2 is 0.942 bits per heavy atom. The predicted octanol–water partition coefficient (Wildman–Crippen LogP) is 12.6. The van der Waals surface area contributed by atoms with Crippen molar-refractivity contribution in [3.8, 4) is 0 Å². The molecule has 0 spiro atoms. The van der Waals surface area contributed by atoms with Gasteiger partial charge in [-0.3, -0.25) is 23.8 Å². The summed E-state index contributed by atoms with van der Waals surface area (Å²) in [5, 5.41) is 3.75. The molecule has 0 aromatic rings. The highest BCUT2D eigenvalue weighted by molar-refractivity contribution is 7.80. The van der Waals surface area contributed by atoms with Gasteiger partial charge in [-0.25, -0.2) is 0 Å². The first-order valence-corrected chi connectivity index (χ1v) is 23.6. The molecule has 8 nitrogen and oxygen atoms in total. The summed E-state index contributed by atoms with van der Waals surface area (Å²) in [5.41, 5.74) is -0.213. The van der Waals surface area contributed by atoms with Gasteiger partial charge in [0, 0.05) is 13.0 Å². The molecule has 52 heavy (non-hydrogen) atoms. The second-order valence-electron chi connectivity index (χ2n) is 15.9. The molecule has 0 saturated heterocycles. The maximum atomic E-state index is 13.1. The van der Waals surface area contributed by atoms with Crippen LogP contribution in [0.2, 0.25) is 0 Å². The molecule has 2 N–H and O–H groups in total. The van der Waals surface area contributed by atoms with Gasteiger partial charge in [0.2, 0.25) is 0 Å². The highest BCUT2D eigenvalue weighted by Crippen LogP contribution is 2.20. The number of Topliss-reactive ketones (excluding diaryl/α,β-unsaturated/α-hetero) is 1. The van der Waals surface area contributed by atoms with Gasteiger partial charge in [0.15, 0.2) is 11.6 Å². The third-order valence-corrected chi connectivity index (χ3v) is 11.0. The zero-order chi connectivity index (χ0) is 38.6. The molecule has 0 bridgehead atoms. The van der Waals surface area contributed by atoms with E-state index in [0.717, 1.165) is 39.0 Å². The van der Waals surface area contributed by atoms with Gasteiger partial charge in [0.25, 0.3) is 0 Å². The number of unbranched alkanes of at least 4 members (excludes halogenated alkanes) is 29. The second-order valence-corrected chi connectivity index (χ2v) is 17.1. The van der Waals surface area contributed by atoms with Crippen LogP contribution < -0.4 is 5.32 Å². The zero-order valence-electron chi connectivity index (χ0n) is 35.1. The van der Waals surface area contributed by atoms with Crippen LogP contribution in [0.5, 0.6) is 0 Å². The topological polar surface area (TPSA) is 108 Å². The van der Waals surface area contributed by atoms with Crippen molar-refractivity contribution in [3.63, 3.8) is 0 Å². The average Bonchev–Trinajstić information content (AvgIpc) is 3.63. The third-order valence-electron chi connectivity index (χ3n) is 10.6. The van der Waals surface area contributed by atoms with Crippen molar-refractivity contribution >= 4 is 22.0 Å². The molecule has 0 saturated carbocycles. The number of hydrogen-bond acceptors (Lipinski definition) is 7. The van der Waals surface area contributed by atoms with Crippen LogP contribution in [-0.2, 0) is 19.4 Å². The fraction of sp³-hybridized carbons (Fsp3) is 0.953. The van der Waals surface area contributed by atoms with Gasteiger partial charge in [-0.05, 0) is 33.2 Å². The van der Waals surface area contributed by atoms with Crippen LogP contribution in [0.3, 0.4) is 0 Å². The van der Waals surface area contributed by atoms with E-state index in [4.69, 9.17) is 4.55 Å². The number of nitrogens with zero attached hydrogens (tertiary/aromatic N) is 2. The monoisotopic (exact) mass is 758 g/mol. The van der Waals surface area contributed by atoms with E-state index < -0.39 is 10.4 Å². The molecule has 9 heteroatoms. The molecular formula is C43H87N3O5S. The number of aliphatic imine (C=N–C) groups is 1. The van der Waals surface area contributed by atoms with Crippen LogP contribution in [0.25, 0.3) is 0 Å². The van der Waals surface area contributed by atoms with Crippen molar-refractivity contribution in [2.24, 2.45) is 4.99 Å². The molecule has 1 heterocycles. The Morgan fingerprint density at radius 3 is 1.27 bits per heavy atom. The molecule has 0 atom stereocenters. The summed E-state index contributed by atoms with van der Waals surface area (Å²) in [7, 11) is -3.29. The maximum Gasteiger partial charge on any atom is 0.397 e. The highest BCUT2D eigenvalue weighted by Gasteiger charge is 2.34. The molecule has 0 aromatic carbocycles. The molecule has 0 aliphatic carbocycles. The minimum Gasteiger partial charge on any atom is -0.334 e. The first-order chi connectivity index (χ1) is 25.1. The lowest BCUT2D eigenvalue weighted by Crippen LogP contribution is -2.57. The Labute approximate surface area is 323 Å². The van der Waals surface area contributed by atoms with Crippen molar-refractivity contribution in [2.45, 2.75) is 239 Å². The third kappa shape index (κ3) is 32.4. The molecule has 0 amide bonds. The number of amidine groups is 1. The standard InChI is InChI=1S/C42H83N3O.CH4O4S/c1-5-7-9-11-13-15-17-19-21-23-25-27-29-31-33-35-37-44-42(3,4)45-39-38-43-41(45)40(46)36-34-32-30-28-26-24-22-20-18-16-14-12-10-8-6-2;1-5-6(2,3)4/h44H,5-39H2,1-4H3;1H3,(H,2,3,4). The number of hydrogen-bond donors (Lipinski definition) is 2. The minimum absolute atomic E-state index is 0.213. The molecular weight excluding hydrogens is 671 g/mol. The largest absolute Gasteiger partial charge is 0.397 e. The Bertz CT molecular complexity index is 941. The van der Waals surface area contributed by atoms with Gasteiger partial charge < -0.3 is 4.90 Å². The average molecular weight is 758 g/mol. The predicted molar refractivity (Wildman–Crippen MR) is 224 cm³/mol. The lowest BCUT2D eigenvalue weighted by atomic mass is 10.0. The van der Waals surface area contributed by atoms with E-state index in [2.05, 4.69) is 47.1 Å². The van der Waals surface area contributed by atoms with Crippen LogP contribution in [0.15, 0.2) is 4.99 Å². The van der Waals surface area contributed by atoms with Crippen molar-refractivity contribution < 1.29 is 21.9 Å². The molecule has 0 unspecified atom stereocenters. The van der Waals surface area contributed by atoms with Crippen LogP contribution in [-0.4, -0.2) is 61.9 Å². The van der Waals surface area contributed by atoms with E-state index in [1.54, 1.807) is 0 Å². The van der Waals surface area contributed by atoms with Gasteiger partial charge in [-0.2, -0.15) is 8.42 Å². The van der Waals surface area contributed by atoms with Gasteiger partial charge >= 0.3 is 10.4 Å². The van der Waals surface area contributed by atoms with Crippen molar-refractivity contribution in [3.05, 3.63) is 0 Å². The Hall–Kier alpha value is -1.03. The molecule has 0 aromatic heterocycles. The Kier molecular flexibility index (Phi) is 35.0. The SMILES string of the molecule is CCCCCCCCCCCCCCCCCCNC(C)(C)N1CCN=C1C(=O)CCCCCCCCCCCCCCCCC.COS(=O)(=O)O. The minimum atomic E-state index is -4.16. The quantitative estimate of drug-likeness (QED) is 0.0480. The summed E-state index contributed by atoms with van der Waals surface area (Å²) in [5.74, 6) is 0.985. The molecule has 1 aliphatic rings. The van der Waals surface area contributed by atoms with Gasteiger partial charge in [0.05, 0.1) is 19.3 Å². The summed E-state index contributed by atoms with van der Waals surface area (Å²) in [6, 6.07) is 0. The van der Waals surface area contributed by atoms with Gasteiger partial charge in [-0.1, -0.05) is 200 Å². The molecule has 0 fully saturated rings. The molecule has 310 valence electrons. The lowest BCUT2D eigenvalue weighted by Gasteiger charge is -2.38. The summed E-state index contributed by atoms with van der Waals surface area (Å²) >= 11 is 0. The lowest BCUT2D eigenvalue weighted by molar-refractivity contribution is -0.114. The maximum absolute atomic E-state index is 13.1. The van der Waals surface area contributed by atoms with E-state index in [-0.39, 0.29) is 11.4 Å². The summed E-state index contributed by atoms with van der Waals surface area (Å²) in [6.45, 7) is 11.7. The fourth-order valence-corrected chi connectivity index (χ4v) is 7.16. The molecule has 0 radical (unpaired) electrons. The van der Waals surface area contributed by atoms with Crippen LogP contribution in [0, 0.1) is 0 Å². The normalized spacial score (nSPS) is 13.3. The fourth-order valence-electron chi connectivity index (χ4n) is 7.16. The Morgan fingerprint density at radius 1 is 0.635 bits per heavy atom. The number of rotatable bonds is 37. The summed E-state index contributed by atoms with van der Waals surface area (Å²) < 4.78 is 29.7. The molecule has 1 aliphatic heterocycles. The van der Waals surface area contributed by atoms with Crippen molar-refractivity contribution in [1.82, 2.24) is 10.2 Å². The van der Waals surface area contributed by atoms with E-state index >= 15 is 0 Å². The number of ketones is 1.